The van der Waals surface area contributed by atoms with Crippen molar-refractivity contribution in [2.75, 3.05) is 5.32 Å². The molecule has 1 fully saturated rings. The number of carbonyl (C=O) groups is 1. The number of halogens is 1. The van der Waals surface area contributed by atoms with Crippen molar-refractivity contribution in [3.8, 4) is 5.69 Å². The number of hydrogen-bond acceptors (Lipinski definition) is 2. The van der Waals surface area contributed by atoms with E-state index < -0.39 is 0 Å². The molecule has 0 radical (unpaired) electrons. The Hall–Kier alpha value is -1.62. The summed E-state index contributed by atoms with van der Waals surface area (Å²) in [6.45, 7) is 4.00. The van der Waals surface area contributed by atoms with Gasteiger partial charge in [-0.05, 0) is 66.9 Å². The highest BCUT2D eigenvalue weighted by Crippen LogP contribution is 2.27. The lowest BCUT2D eigenvalue weighted by molar-refractivity contribution is -0.119. The maximum Gasteiger partial charge on any atom is 0.227 e. The van der Waals surface area contributed by atoms with Gasteiger partial charge in [-0.25, -0.2) is 4.68 Å². The highest BCUT2D eigenvalue weighted by molar-refractivity contribution is 9.10. The second-order valence-corrected chi connectivity index (χ2v) is 6.71. The number of aromatic nitrogens is 2. The highest BCUT2D eigenvalue weighted by atomic mass is 79.9. The molecule has 22 heavy (non-hydrogen) atoms. The van der Waals surface area contributed by atoms with E-state index in [0.717, 1.165) is 40.1 Å². The van der Waals surface area contributed by atoms with Crippen molar-refractivity contribution in [2.24, 2.45) is 5.92 Å². The summed E-state index contributed by atoms with van der Waals surface area (Å²) in [7, 11) is 0. The van der Waals surface area contributed by atoms with E-state index in [0.29, 0.717) is 0 Å². The van der Waals surface area contributed by atoms with E-state index in [2.05, 4.69) is 26.3 Å². The van der Waals surface area contributed by atoms with Gasteiger partial charge in [0.2, 0.25) is 5.91 Å². The zero-order chi connectivity index (χ0) is 15.7. The van der Waals surface area contributed by atoms with Crippen molar-refractivity contribution < 1.29 is 4.79 Å². The van der Waals surface area contributed by atoms with E-state index in [1.54, 1.807) is 0 Å². The molecule has 0 spiro atoms. The van der Waals surface area contributed by atoms with Gasteiger partial charge in [-0.3, -0.25) is 4.79 Å². The van der Waals surface area contributed by atoms with Crippen LogP contribution in [0.4, 0.5) is 5.69 Å². The number of rotatable bonds is 3. The number of anilines is 1. The summed E-state index contributed by atoms with van der Waals surface area (Å²) in [6.07, 6.45) is 4.38. The van der Waals surface area contributed by atoms with Crippen LogP contribution in [-0.2, 0) is 4.79 Å². The van der Waals surface area contributed by atoms with Gasteiger partial charge in [0.05, 0.1) is 21.5 Å². The molecule has 5 heteroatoms. The van der Waals surface area contributed by atoms with Crippen LogP contribution in [0.5, 0.6) is 0 Å². The molecule has 1 N–H and O–H groups in total. The third-order valence-electron chi connectivity index (χ3n) is 4.31. The molecule has 1 amide bonds. The molecule has 1 aliphatic rings. The number of amides is 1. The van der Waals surface area contributed by atoms with E-state index in [9.17, 15) is 4.79 Å². The monoisotopic (exact) mass is 361 g/mol. The van der Waals surface area contributed by atoms with Gasteiger partial charge in [-0.1, -0.05) is 12.8 Å². The molecule has 1 aromatic carbocycles. The maximum atomic E-state index is 12.1. The average Bonchev–Trinajstić information content (AvgIpc) is 3.13. The van der Waals surface area contributed by atoms with Crippen molar-refractivity contribution in [1.82, 2.24) is 9.78 Å². The van der Waals surface area contributed by atoms with Crippen molar-refractivity contribution in [1.29, 1.82) is 0 Å². The molecule has 0 bridgehead atoms. The predicted octanol–water partition coefficient (Wildman–Crippen LogP) is 4.38. The Morgan fingerprint density at radius 1 is 1.23 bits per heavy atom. The summed E-state index contributed by atoms with van der Waals surface area (Å²) >= 11 is 3.54. The Labute approximate surface area is 139 Å². The number of benzene rings is 1. The first-order valence-electron chi connectivity index (χ1n) is 7.69. The molecular weight excluding hydrogens is 342 g/mol. The SMILES string of the molecule is Cc1nn(-c2ccc(NC(=O)C3CCCC3)cc2)c(C)c1Br. The summed E-state index contributed by atoms with van der Waals surface area (Å²) in [6, 6.07) is 7.84. The van der Waals surface area contributed by atoms with E-state index >= 15 is 0 Å². The fourth-order valence-corrected chi connectivity index (χ4v) is 3.24. The van der Waals surface area contributed by atoms with Crippen LogP contribution in [0.1, 0.15) is 37.1 Å². The Morgan fingerprint density at radius 2 is 1.86 bits per heavy atom. The van der Waals surface area contributed by atoms with E-state index in [1.165, 1.54) is 12.8 Å². The topological polar surface area (TPSA) is 46.9 Å². The first-order valence-corrected chi connectivity index (χ1v) is 8.48. The number of aryl methyl sites for hydroxylation is 1. The molecule has 4 nitrogen and oxygen atoms in total. The minimum atomic E-state index is 0.152. The number of nitrogens with one attached hydrogen (secondary N) is 1. The summed E-state index contributed by atoms with van der Waals surface area (Å²) in [5, 5.41) is 7.53. The van der Waals surface area contributed by atoms with Crippen LogP contribution in [-0.4, -0.2) is 15.7 Å². The number of hydrogen-bond donors (Lipinski definition) is 1. The second-order valence-electron chi connectivity index (χ2n) is 5.91. The van der Waals surface area contributed by atoms with Gasteiger partial charge in [0.25, 0.3) is 0 Å². The van der Waals surface area contributed by atoms with Crippen molar-refractivity contribution in [2.45, 2.75) is 39.5 Å². The summed E-state index contributed by atoms with van der Waals surface area (Å²) in [5.41, 5.74) is 3.88. The van der Waals surface area contributed by atoms with Crippen LogP contribution in [0.15, 0.2) is 28.7 Å². The van der Waals surface area contributed by atoms with Gasteiger partial charge in [-0.15, -0.1) is 0 Å². The van der Waals surface area contributed by atoms with Gasteiger partial charge in [0, 0.05) is 11.6 Å². The average molecular weight is 362 g/mol. The van der Waals surface area contributed by atoms with Crippen LogP contribution in [0, 0.1) is 19.8 Å². The van der Waals surface area contributed by atoms with Crippen LogP contribution < -0.4 is 5.32 Å². The predicted molar refractivity (Wildman–Crippen MR) is 91.3 cm³/mol. The van der Waals surface area contributed by atoms with E-state index in [-0.39, 0.29) is 11.8 Å². The fraction of sp³-hybridized carbons (Fsp3) is 0.412. The molecule has 116 valence electrons. The van der Waals surface area contributed by atoms with Gasteiger partial charge < -0.3 is 5.32 Å². The zero-order valence-electron chi connectivity index (χ0n) is 12.9. The minimum Gasteiger partial charge on any atom is -0.326 e. The molecule has 1 saturated carbocycles. The van der Waals surface area contributed by atoms with Crippen molar-refractivity contribution >= 4 is 27.5 Å². The second kappa shape index (κ2) is 6.24. The zero-order valence-corrected chi connectivity index (χ0v) is 14.5. The lowest BCUT2D eigenvalue weighted by Crippen LogP contribution is -2.20. The number of carbonyl (C=O) groups excluding carboxylic acids is 1. The van der Waals surface area contributed by atoms with Gasteiger partial charge in [0.15, 0.2) is 0 Å². The molecule has 2 aromatic rings. The van der Waals surface area contributed by atoms with E-state index in [1.807, 2.05) is 42.8 Å². The Balaban J connectivity index is 1.75. The van der Waals surface area contributed by atoms with Crippen LogP contribution in [0.25, 0.3) is 5.69 Å². The van der Waals surface area contributed by atoms with Gasteiger partial charge >= 0.3 is 0 Å². The summed E-state index contributed by atoms with van der Waals surface area (Å²) in [5.74, 6) is 0.339. The Morgan fingerprint density at radius 3 is 2.41 bits per heavy atom. The van der Waals surface area contributed by atoms with Crippen molar-refractivity contribution in [3.05, 3.63) is 40.1 Å². The first kappa shape index (κ1) is 15.3. The van der Waals surface area contributed by atoms with E-state index in [4.69, 9.17) is 0 Å². The molecule has 0 atom stereocenters. The molecule has 3 rings (SSSR count). The molecular formula is C17H20BrN3O. The first-order chi connectivity index (χ1) is 10.6. The van der Waals surface area contributed by atoms with Crippen LogP contribution in [0.3, 0.4) is 0 Å². The molecule has 1 aromatic heterocycles. The minimum absolute atomic E-state index is 0.152. The lowest BCUT2D eigenvalue weighted by Gasteiger charge is -2.11. The van der Waals surface area contributed by atoms with Crippen molar-refractivity contribution in [3.63, 3.8) is 0 Å². The quantitative estimate of drug-likeness (QED) is 0.881. The molecule has 0 aliphatic heterocycles. The van der Waals surface area contributed by atoms with Crippen LogP contribution in [0.2, 0.25) is 0 Å². The molecule has 0 unspecified atom stereocenters. The lowest BCUT2D eigenvalue weighted by atomic mass is 10.1. The smallest absolute Gasteiger partial charge is 0.227 e. The molecule has 1 aliphatic carbocycles. The van der Waals surface area contributed by atoms with Gasteiger partial charge in [-0.2, -0.15) is 5.10 Å². The Kier molecular flexibility index (Phi) is 4.34. The van der Waals surface area contributed by atoms with Gasteiger partial charge in [0.1, 0.15) is 0 Å². The standard InChI is InChI=1S/C17H20BrN3O/c1-11-16(18)12(2)21(20-11)15-9-7-14(8-10-15)19-17(22)13-5-3-4-6-13/h7-10,13H,3-6H2,1-2H3,(H,19,22). The third-order valence-corrected chi connectivity index (χ3v) is 5.46. The maximum absolute atomic E-state index is 12.1. The fourth-order valence-electron chi connectivity index (χ4n) is 2.99. The Bertz CT molecular complexity index is 685. The number of nitrogens with zero attached hydrogens (tertiary/aromatic N) is 2. The largest absolute Gasteiger partial charge is 0.326 e. The molecule has 0 saturated heterocycles. The normalized spacial score (nSPS) is 15.2. The molecule has 1 heterocycles. The third kappa shape index (κ3) is 2.95. The summed E-state index contributed by atoms with van der Waals surface area (Å²) < 4.78 is 2.94. The highest BCUT2D eigenvalue weighted by Gasteiger charge is 2.22. The summed E-state index contributed by atoms with van der Waals surface area (Å²) in [4.78, 5) is 12.1. The van der Waals surface area contributed by atoms with Crippen LogP contribution >= 0.6 is 15.9 Å².